The van der Waals surface area contributed by atoms with Gasteiger partial charge in [0.1, 0.15) is 0 Å². The molecule has 2 heteroatoms. The van der Waals surface area contributed by atoms with E-state index < -0.39 is 0 Å². The third-order valence-electron chi connectivity index (χ3n) is 0.644. The SMILES string of the molecule is [CH2-]C.[CH2-]C(=O)C(C)C.[Y]. The van der Waals surface area contributed by atoms with Gasteiger partial charge in [-0.3, -0.25) is 0 Å². The molecule has 0 heterocycles. The van der Waals surface area contributed by atoms with Crippen molar-refractivity contribution in [1.82, 2.24) is 0 Å². The maximum atomic E-state index is 10.0. The van der Waals surface area contributed by atoms with Gasteiger partial charge in [-0.2, -0.15) is 6.92 Å². The summed E-state index contributed by atoms with van der Waals surface area (Å²) in [7, 11) is 0. The van der Waals surface area contributed by atoms with Gasteiger partial charge in [-0.1, -0.05) is 13.8 Å². The van der Waals surface area contributed by atoms with Crippen LogP contribution in [0.15, 0.2) is 0 Å². The minimum atomic E-state index is 0. The summed E-state index contributed by atoms with van der Waals surface area (Å²) in [4.78, 5) is 10.0. The van der Waals surface area contributed by atoms with Crippen LogP contribution in [0.5, 0.6) is 0 Å². The quantitative estimate of drug-likeness (QED) is 0.594. The van der Waals surface area contributed by atoms with Crippen LogP contribution in [0.2, 0.25) is 0 Å². The van der Waals surface area contributed by atoms with E-state index in [0.717, 1.165) is 0 Å². The van der Waals surface area contributed by atoms with E-state index in [1.165, 1.54) is 0 Å². The summed E-state index contributed by atoms with van der Waals surface area (Å²) in [6.07, 6.45) is 0. The third-order valence-corrected chi connectivity index (χ3v) is 0.644. The third kappa shape index (κ3) is 17.7. The standard InChI is InChI=1S/C5H9O.C2H5.Y/c1-4(2)5(3)6;1-2;/h4H,3H2,1-2H3;1H2,2H3;/q2*-1;. The molecular weight excluding hydrogens is 189 g/mol. The van der Waals surface area contributed by atoms with E-state index in [9.17, 15) is 4.79 Å². The van der Waals surface area contributed by atoms with Gasteiger partial charge in [-0.25, -0.2) is 0 Å². The molecule has 1 nitrogen and oxygen atoms in total. The molecule has 0 bridgehead atoms. The van der Waals surface area contributed by atoms with Crippen LogP contribution in [0, 0.1) is 19.8 Å². The Hall–Kier alpha value is 0.644. The minimum Gasteiger partial charge on any atom is -0.346 e. The van der Waals surface area contributed by atoms with Crippen LogP contribution >= 0.6 is 0 Å². The van der Waals surface area contributed by atoms with Gasteiger partial charge in [-0.05, 0) is 11.7 Å². The Morgan fingerprint density at radius 1 is 1.33 bits per heavy atom. The predicted molar refractivity (Wildman–Crippen MR) is 36.2 cm³/mol. The van der Waals surface area contributed by atoms with Gasteiger partial charge in [0.05, 0.1) is 0 Å². The molecule has 0 fully saturated rings. The number of hydrogen-bond donors (Lipinski definition) is 0. The van der Waals surface area contributed by atoms with Crippen LogP contribution in [0.3, 0.4) is 0 Å². The molecule has 1 radical (unpaired) electrons. The van der Waals surface area contributed by atoms with E-state index in [1.807, 2.05) is 13.8 Å². The fourth-order valence-corrected chi connectivity index (χ4v) is 0. The fraction of sp³-hybridized carbons (Fsp3) is 0.571. The molecule has 0 aliphatic carbocycles. The zero-order valence-corrected chi connectivity index (χ0v) is 9.32. The second-order valence-electron chi connectivity index (χ2n) is 1.62. The molecule has 0 amide bonds. The topological polar surface area (TPSA) is 17.1 Å². The van der Waals surface area contributed by atoms with Crippen LogP contribution in [-0.2, 0) is 37.5 Å². The summed E-state index contributed by atoms with van der Waals surface area (Å²) >= 11 is 0. The van der Waals surface area contributed by atoms with E-state index in [4.69, 9.17) is 0 Å². The molecule has 0 aliphatic rings. The van der Waals surface area contributed by atoms with Crippen molar-refractivity contribution in [3.8, 4) is 0 Å². The molecule has 0 aromatic rings. The van der Waals surface area contributed by atoms with Crippen molar-refractivity contribution in [1.29, 1.82) is 0 Å². The monoisotopic (exact) mass is 203 g/mol. The molecule has 9 heavy (non-hydrogen) atoms. The Bertz CT molecular complexity index is 59.9. The van der Waals surface area contributed by atoms with Gasteiger partial charge in [0, 0.05) is 32.7 Å². The average Bonchev–Trinajstić information content (AvgIpc) is 1.72. The average molecular weight is 203 g/mol. The second kappa shape index (κ2) is 11.4. The number of Topliss-reactive ketones (excluding diaryl/α,β-unsaturated/α-hetero) is 1. The van der Waals surface area contributed by atoms with Crippen molar-refractivity contribution < 1.29 is 37.5 Å². The number of ketones is 1. The summed E-state index contributed by atoms with van der Waals surface area (Å²) in [5.41, 5.74) is 0. The van der Waals surface area contributed by atoms with Crippen molar-refractivity contribution in [2.24, 2.45) is 5.92 Å². The molecule has 0 N–H and O–H groups in total. The van der Waals surface area contributed by atoms with Gasteiger partial charge in [0.15, 0.2) is 0 Å². The van der Waals surface area contributed by atoms with Crippen LogP contribution in [0.4, 0.5) is 0 Å². The zero-order chi connectivity index (χ0) is 7.15. The summed E-state index contributed by atoms with van der Waals surface area (Å²) in [5, 5.41) is 0. The molecule has 0 rings (SSSR count). The van der Waals surface area contributed by atoms with Gasteiger partial charge in [-0.15, -0.1) is 0 Å². The Morgan fingerprint density at radius 2 is 1.44 bits per heavy atom. The molecule has 0 aromatic carbocycles. The van der Waals surface area contributed by atoms with Crippen LogP contribution in [0.1, 0.15) is 20.8 Å². The summed E-state index contributed by atoms with van der Waals surface area (Å²) < 4.78 is 0. The Balaban J connectivity index is -0.000000109. The van der Waals surface area contributed by atoms with Crippen molar-refractivity contribution in [3.63, 3.8) is 0 Å². The predicted octanol–water partition coefficient (Wildman–Crippen LogP) is 1.88. The zero-order valence-electron chi connectivity index (χ0n) is 6.48. The molecule has 0 spiro atoms. The van der Waals surface area contributed by atoms with E-state index in [-0.39, 0.29) is 44.4 Å². The van der Waals surface area contributed by atoms with Crippen molar-refractivity contribution in [3.05, 3.63) is 13.8 Å². The second-order valence-corrected chi connectivity index (χ2v) is 1.62. The number of carbonyl (C=O) groups is 1. The van der Waals surface area contributed by atoms with Gasteiger partial charge >= 0.3 is 0 Å². The number of rotatable bonds is 1. The van der Waals surface area contributed by atoms with E-state index in [1.54, 1.807) is 6.92 Å². The van der Waals surface area contributed by atoms with E-state index in [2.05, 4.69) is 13.8 Å². The van der Waals surface area contributed by atoms with Crippen molar-refractivity contribution in [2.45, 2.75) is 20.8 Å². The van der Waals surface area contributed by atoms with E-state index >= 15 is 0 Å². The smallest absolute Gasteiger partial charge is 0 e. The summed E-state index contributed by atoms with van der Waals surface area (Å²) in [5.74, 6) is 0.111. The normalized spacial score (nSPS) is 6.78. The Labute approximate surface area is 83.5 Å². The summed E-state index contributed by atoms with van der Waals surface area (Å²) in [6.45, 7) is 11.9. The number of hydrogen-bond acceptors (Lipinski definition) is 1. The maximum Gasteiger partial charge on any atom is 0 e. The summed E-state index contributed by atoms with van der Waals surface area (Å²) in [6, 6.07) is 0. The first-order chi connectivity index (χ1) is 3.64. The first-order valence-corrected chi connectivity index (χ1v) is 2.71. The molecule has 0 unspecified atom stereocenters. The molecule has 53 valence electrons. The van der Waals surface area contributed by atoms with Crippen molar-refractivity contribution >= 4 is 5.78 Å². The van der Waals surface area contributed by atoms with Crippen LogP contribution in [-0.4, -0.2) is 5.78 Å². The van der Waals surface area contributed by atoms with Crippen LogP contribution in [0.25, 0.3) is 0 Å². The van der Waals surface area contributed by atoms with Crippen LogP contribution < -0.4 is 0 Å². The first-order valence-electron chi connectivity index (χ1n) is 2.71. The molecule has 0 saturated heterocycles. The molecular formula is C7H14OY-2. The molecule has 0 aliphatic heterocycles. The minimum absolute atomic E-state index is 0. The molecule has 0 saturated carbocycles. The van der Waals surface area contributed by atoms with Gasteiger partial charge in [0.25, 0.3) is 0 Å². The van der Waals surface area contributed by atoms with Gasteiger partial charge in [0.2, 0.25) is 0 Å². The first kappa shape index (κ1) is 16.3. The van der Waals surface area contributed by atoms with Gasteiger partial charge < -0.3 is 18.6 Å². The number of carbonyl (C=O) groups excluding carboxylic acids is 1. The Morgan fingerprint density at radius 3 is 1.44 bits per heavy atom. The largest absolute Gasteiger partial charge is 0.346 e. The van der Waals surface area contributed by atoms with E-state index in [0.29, 0.717) is 0 Å². The Kier molecular flexibility index (Phi) is 20.8. The molecule has 0 atom stereocenters. The molecule has 0 aromatic heterocycles. The fourth-order valence-electron chi connectivity index (χ4n) is 0. The van der Waals surface area contributed by atoms with Crippen molar-refractivity contribution in [2.75, 3.05) is 0 Å². The maximum absolute atomic E-state index is 10.0.